The number of rotatable bonds is 6. The molecule has 4 rings (SSSR count). The normalized spacial score (nSPS) is 10.8. The zero-order valence-corrected chi connectivity index (χ0v) is 16.0. The smallest absolute Gasteiger partial charge is 0.230 e. The van der Waals surface area contributed by atoms with Crippen LogP contribution in [0.1, 0.15) is 5.56 Å². The summed E-state index contributed by atoms with van der Waals surface area (Å²) in [7, 11) is 0. The minimum Gasteiger partial charge on any atom is -0.351 e. The molecule has 5 nitrogen and oxygen atoms in total. The number of thioether (sulfide) groups is 1. The standard InChI is InChI=1S/C20H16N4OS2/c25-18(13-26-20-24-16-7-1-2-8-17(16)27-20)23-12-15-6-4-10-22-19(15)14-5-3-9-21-11-14/h1-11H,12-13H2,(H,23,25). The van der Waals surface area contributed by atoms with E-state index < -0.39 is 0 Å². The predicted octanol–water partition coefficient (Wildman–Crippen LogP) is 4.16. The molecule has 0 fully saturated rings. The molecule has 0 aliphatic heterocycles. The van der Waals surface area contributed by atoms with Gasteiger partial charge >= 0.3 is 0 Å². The first-order valence-electron chi connectivity index (χ1n) is 8.39. The van der Waals surface area contributed by atoms with Crippen LogP contribution in [0, 0.1) is 0 Å². The van der Waals surface area contributed by atoms with E-state index in [1.165, 1.54) is 11.8 Å². The molecule has 27 heavy (non-hydrogen) atoms. The molecular weight excluding hydrogens is 376 g/mol. The van der Waals surface area contributed by atoms with Gasteiger partial charge in [0.05, 0.1) is 21.7 Å². The molecule has 1 amide bonds. The van der Waals surface area contributed by atoms with Crippen LogP contribution >= 0.6 is 23.1 Å². The molecule has 0 atom stereocenters. The Balaban J connectivity index is 1.37. The highest BCUT2D eigenvalue weighted by Gasteiger charge is 2.10. The molecule has 0 aliphatic rings. The lowest BCUT2D eigenvalue weighted by molar-refractivity contribution is -0.118. The molecule has 0 aliphatic carbocycles. The van der Waals surface area contributed by atoms with Crippen LogP contribution in [0.3, 0.4) is 0 Å². The van der Waals surface area contributed by atoms with Crippen molar-refractivity contribution >= 4 is 39.2 Å². The summed E-state index contributed by atoms with van der Waals surface area (Å²) in [5.74, 6) is 0.308. The number of para-hydroxylation sites is 1. The molecule has 3 heterocycles. The average Bonchev–Trinajstić information content (AvgIpc) is 3.15. The Bertz CT molecular complexity index is 1030. The van der Waals surface area contributed by atoms with E-state index in [-0.39, 0.29) is 5.91 Å². The summed E-state index contributed by atoms with van der Waals surface area (Å²) < 4.78 is 2.04. The number of nitrogens with zero attached hydrogens (tertiary/aromatic N) is 3. The van der Waals surface area contributed by atoms with Crippen molar-refractivity contribution in [2.75, 3.05) is 5.75 Å². The topological polar surface area (TPSA) is 67.8 Å². The van der Waals surface area contributed by atoms with Crippen LogP contribution in [0.25, 0.3) is 21.5 Å². The van der Waals surface area contributed by atoms with Crippen molar-refractivity contribution in [1.82, 2.24) is 20.3 Å². The van der Waals surface area contributed by atoms with Gasteiger partial charge in [0.25, 0.3) is 0 Å². The molecule has 1 N–H and O–H groups in total. The van der Waals surface area contributed by atoms with Crippen LogP contribution in [-0.2, 0) is 11.3 Å². The third-order valence-electron chi connectivity index (χ3n) is 3.90. The monoisotopic (exact) mass is 392 g/mol. The largest absolute Gasteiger partial charge is 0.351 e. The van der Waals surface area contributed by atoms with Gasteiger partial charge in [-0.05, 0) is 35.9 Å². The molecule has 7 heteroatoms. The Labute approximate surface area is 164 Å². The number of carbonyl (C=O) groups excluding carboxylic acids is 1. The third-order valence-corrected chi connectivity index (χ3v) is 6.08. The van der Waals surface area contributed by atoms with Gasteiger partial charge in [-0.2, -0.15) is 0 Å². The number of carbonyl (C=O) groups is 1. The number of nitrogens with one attached hydrogen (secondary N) is 1. The summed E-state index contributed by atoms with van der Waals surface area (Å²) in [5.41, 5.74) is 3.71. The van der Waals surface area contributed by atoms with Gasteiger partial charge < -0.3 is 5.32 Å². The molecule has 0 radical (unpaired) electrons. The van der Waals surface area contributed by atoms with Crippen LogP contribution in [0.5, 0.6) is 0 Å². The summed E-state index contributed by atoms with van der Waals surface area (Å²) >= 11 is 3.07. The van der Waals surface area contributed by atoms with Gasteiger partial charge in [-0.25, -0.2) is 4.98 Å². The fourth-order valence-corrected chi connectivity index (χ4v) is 4.53. The zero-order valence-electron chi connectivity index (χ0n) is 14.3. The van der Waals surface area contributed by atoms with Gasteiger partial charge in [-0.1, -0.05) is 30.0 Å². The van der Waals surface area contributed by atoms with Crippen molar-refractivity contribution in [2.24, 2.45) is 0 Å². The Morgan fingerprint density at radius 1 is 1.07 bits per heavy atom. The number of aromatic nitrogens is 3. The van der Waals surface area contributed by atoms with Crippen molar-refractivity contribution in [2.45, 2.75) is 10.9 Å². The molecule has 3 aromatic heterocycles. The van der Waals surface area contributed by atoms with Gasteiger partial charge in [0.1, 0.15) is 0 Å². The first-order chi connectivity index (χ1) is 13.3. The van der Waals surface area contributed by atoms with E-state index in [1.54, 1.807) is 29.9 Å². The zero-order chi connectivity index (χ0) is 18.5. The SMILES string of the molecule is O=C(CSc1nc2ccccc2s1)NCc1cccnc1-c1cccnc1. The maximum atomic E-state index is 12.3. The van der Waals surface area contributed by atoms with Crippen molar-refractivity contribution in [1.29, 1.82) is 0 Å². The molecule has 0 saturated carbocycles. The summed E-state index contributed by atoms with van der Waals surface area (Å²) in [6.45, 7) is 0.428. The first-order valence-corrected chi connectivity index (χ1v) is 10.2. The van der Waals surface area contributed by atoms with Crippen LogP contribution in [0.15, 0.2) is 71.5 Å². The predicted molar refractivity (Wildman–Crippen MR) is 110 cm³/mol. The van der Waals surface area contributed by atoms with Crippen molar-refractivity contribution in [3.63, 3.8) is 0 Å². The van der Waals surface area contributed by atoms with E-state index in [2.05, 4.69) is 20.3 Å². The van der Waals surface area contributed by atoms with Crippen molar-refractivity contribution in [3.05, 3.63) is 72.7 Å². The van der Waals surface area contributed by atoms with Crippen LogP contribution in [0.4, 0.5) is 0 Å². The van der Waals surface area contributed by atoms with E-state index in [0.717, 1.165) is 31.4 Å². The molecule has 134 valence electrons. The van der Waals surface area contributed by atoms with Gasteiger partial charge in [0.15, 0.2) is 4.34 Å². The highest BCUT2D eigenvalue weighted by atomic mass is 32.2. The Kier molecular flexibility index (Phi) is 5.41. The number of pyridine rings is 2. The Morgan fingerprint density at radius 3 is 2.81 bits per heavy atom. The van der Waals surface area contributed by atoms with Crippen LogP contribution in [0.2, 0.25) is 0 Å². The number of hydrogen-bond acceptors (Lipinski definition) is 6. The Hall–Kier alpha value is -2.77. The molecule has 0 unspecified atom stereocenters. The summed E-state index contributed by atoms with van der Waals surface area (Å²) in [6, 6.07) is 15.7. The minimum atomic E-state index is -0.0276. The molecule has 4 aromatic rings. The number of hydrogen-bond donors (Lipinski definition) is 1. The Morgan fingerprint density at radius 2 is 1.96 bits per heavy atom. The fraction of sp³-hybridized carbons (Fsp3) is 0.100. The lowest BCUT2D eigenvalue weighted by Gasteiger charge is -2.09. The first kappa shape index (κ1) is 17.6. The van der Waals surface area contributed by atoms with E-state index in [0.29, 0.717) is 12.3 Å². The number of amides is 1. The minimum absolute atomic E-state index is 0.0276. The fourth-order valence-electron chi connectivity index (χ4n) is 2.63. The van der Waals surface area contributed by atoms with Crippen molar-refractivity contribution < 1.29 is 4.79 Å². The second-order valence-corrected chi connectivity index (χ2v) is 8.02. The van der Waals surface area contributed by atoms with E-state index >= 15 is 0 Å². The second kappa shape index (κ2) is 8.28. The van der Waals surface area contributed by atoms with Gasteiger partial charge in [-0.15, -0.1) is 11.3 Å². The lowest BCUT2D eigenvalue weighted by Crippen LogP contribution is -2.25. The van der Waals surface area contributed by atoms with Crippen molar-refractivity contribution in [3.8, 4) is 11.3 Å². The molecule has 0 saturated heterocycles. The van der Waals surface area contributed by atoms with E-state index in [1.807, 2.05) is 48.5 Å². The third kappa shape index (κ3) is 4.32. The maximum absolute atomic E-state index is 12.3. The lowest BCUT2D eigenvalue weighted by atomic mass is 10.1. The highest BCUT2D eigenvalue weighted by molar-refractivity contribution is 8.01. The van der Waals surface area contributed by atoms with Gasteiger partial charge in [-0.3, -0.25) is 14.8 Å². The number of benzene rings is 1. The molecular formula is C20H16N4OS2. The van der Waals surface area contributed by atoms with E-state index in [4.69, 9.17) is 0 Å². The summed E-state index contributed by atoms with van der Waals surface area (Å²) in [4.78, 5) is 25.4. The van der Waals surface area contributed by atoms with E-state index in [9.17, 15) is 4.79 Å². The molecule has 0 bridgehead atoms. The van der Waals surface area contributed by atoms with Crippen LogP contribution in [-0.4, -0.2) is 26.6 Å². The van der Waals surface area contributed by atoms with Crippen LogP contribution < -0.4 is 5.32 Å². The molecule has 0 spiro atoms. The maximum Gasteiger partial charge on any atom is 0.230 e. The molecule has 1 aromatic carbocycles. The summed E-state index contributed by atoms with van der Waals surface area (Å²) in [5, 5.41) is 2.97. The second-order valence-electron chi connectivity index (χ2n) is 5.77. The number of thiazole rings is 1. The average molecular weight is 393 g/mol. The quantitative estimate of drug-likeness (QED) is 0.499. The summed E-state index contributed by atoms with van der Waals surface area (Å²) in [6.07, 6.45) is 5.25. The van der Waals surface area contributed by atoms with Gasteiger partial charge in [0, 0.05) is 30.7 Å². The van der Waals surface area contributed by atoms with Gasteiger partial charge in [0.2, 0.25) is 5.91 Å². The number of fused-ring (bicyclic) bond motifs is 1. The highest BCUT2D eigenvalue weighted by Crippen LogP contribution is 2.29.